The molecule has 0 bridgehead atoms. The molecular formula is C15H20N4O2S. The zero-order valence-corrected chi connectivity index (χ0v) is 13.7. The number of thiocarbonyl (C=S) groups is 1. The number of ether oxygens (including phenoxy) is 2. The van der Waals surface area contributed by atoms with Crippen LogP contribution in [0.4, 0.5) is 5.69 Å². The van der Waals surface area contributed by atoms with Crippen LogP contribution in [0.3, 0.4) is 0 Å². The maximum absolute atomic E-state index is 5.31. The average Bonchev–Trinajstić information content (AvgIpc) is 3.01. The molecular weight excluding hydrogens is 300 g/mol. The van der Waals surface area contributed by atoms with Gasteiger partial charge in [-0.25, -0.2) is 0 Å². The fourth-order valence-corrected chi connectivity index (χ4v) is 2.11. The van der Waals surface area contributed by atoms with Crippen molar-refractivity contribution in [3.8, 4) is 11.5 Å². The van der Waals surface area contributed by atoms with Crippen molar-refractivity contribution in [2.24, 2.45) is 0 Å². The number of hydrogen-bond acceptors (Lipinski definition) is 4. The van der Waals surface area contributed by atoms with Gasteiger partial charge in [0, 0.05) is 18.8 Å². The lowest BCUT2D eigenvalue weighted by Crippen LogP contribution is -2.28. The second-order valence-electron chi connectivity index (χ2n) is 4.54. The highest BCUT2D eigenvalue weighted by Crippen LogP contribution is 2.28. The molecule has 0 radical (unpaired) electrons. The number of nitrogens with one attached hydrogen (secondary N) is 2. The van der Waals surface area contributed by atoms with E-state index in [0.29, 0.717) is 17.4 Å². The molecule has 0 spiro atoms. The van der Waals surface area contributed by atoms with Crippen LogP contribution in [0.15, 0.2) is 30.5 Å². The third-order valence-corrected chi connectivity index (χ3v) is 3.35. The summed E-state index contributed by atoms with van der Waals surface area (Å²) in [6, 6.07) is 7.45. The van der Waals surface area contributed by atoms with Crippen molar-refractivity contribution in [3.05, 3.63) is 36.2 Å². The van der Waals surface area contributed by atoms with Gasteiger partial charge in [-0.3, -0.25) is 4.68 Å². The Balaban J connectivity index is 1.96. The number of nitrogens with zero attached hydrogens (tertiary/aromatic N) is 2. The van der Waals surface area contributed by atoms with Crippen LogP contribution in [-0.4, -0.2) is 29.1 Å². The summed E-state index contributed by atoms with van der Waals surface area (Å²) in [4.78, 5) is 0. The molecule has 0 amide bonds. The monoisotopic (exact) mass is 320 g/mol. The minimum atomic E-state index is 0.498. The summed E-state index contributed by atoms with van der Waals surface area (Å²) in [7, 11) is 3.23. The summed E-state index contributed by atoms with van der Waals surface area (Å²) < 4.78 is 12.4. The third kappa shape index (κ3) is 4.11. The summed E-state index contributed by atoms with van der Waals surface area (Å²) >= 11 is 5.30. The highest BCUT2D eigenvalue weighted by molar-refractivity contribution is 7.80. The SMILES string of the molecule is CCn1ccc(CNC(=S)Nc2cc(OC)ccc2OC)n1. The Bertz CT molecular complexity index is 642. The van der Waals surface area contributed by atoms with Crippen LogP contribution in [0.1, 0.15) is 12.6 Å². The van der Waals surface area contributed by atoms with Crippen molar-refractivity contribution in [3.63, 3.8) is 0 Å². The zero-order valence-electron chi connectivity index (χ0n) is 12.9. The van der Waals surface area contributed by atoms with Gasteiger partial charge in [0.2, 0.25) is 0 Å². The highest BCUT2D eigenvalue weighted by atomic mass is 32.1. The van der Waals surface area contributed by atoms with E-state index in [0.717, 1.165) is 23.7 Å². The molecule has 1 heterocycles. The molecule has 6 nitrogen and oxygen atoms in total. The average molecular weight is 320 g/mol. The quantitative estimate of drug-likeness (QED) is 0.797. The van der Waals surface area contributed by atoms with Gasteiger partial charge in [0.1, 0.15) is 11.5 Å². The molecule has 1 aromatic heterocycles. The van der Waals surface area contributed by atoms with Crippen LogP contribution in [0.25, 0.3) is 0 Å². The van der Waals surface area contributed by atoms with Crippen molar-refractivity contribution in [2.75, 3.05) is 19.5 Å². The first kappa shape index (κ1) is 16.1. The summed E-state index contributed by atoms with van der Waals surface area (Å²) in [6.07, 6.45) is 1.94. The van der Waals surface area contributed by atoms with Gasteiger partial charge in [-0.15, -0.1) is 0 Å². The molecule has 7 heteroatoms. The molecule has 22 heavy (non-hydrogen) atoms. The predicted molar refractivity (Wildman–Crippen MR) is 90.5 cm³/mol. The second-order valence-corrected chi connectivity index (χ2v) is 4.94. The summed E-state index contributed by atoms with van der Waals surface area (Å²) in [5, 5.41) is 11.1. The molecule has 2 aromatic rings. The Hall–Kier alpha value is -2.28. The van der Waals surface area contributed by atoms with E-state index in [-0.39, 0.29) is 0 Å². The van der Waals surface area contributed by atoms with Gasteiger partial charge < -0.3 is 20.1 Å². The smallest absolute Gasteiger partial charge is 0.171 e. The van der Waals surface area contributed by atoms with Gasteiger partial charge in [-0.1, -0.05) is 0 Å². The van der Waals surface area contributed by atoms with Crippen LogP contribution < -0.4 is 20.1 Å². The Morgan fingerprint density at radius 1 is 1.27 bits per heavy atom. The van der Waals surface area contributed by atoms with Crippen LogP contribution in [0.5, 0.6) is 11.5 Å². The Kier molecular flexibility index (Phi) is 5.60. The first-order valence-corrected chi connectivity index (χ1v) is 7.36. The van der Waals surface area contributed by atoms with E-state index in [4.69, 9.17) is 21.7 Å². The van der Waals surface area contributed by atoms with E-state index in [1.165, 1.54) is 0 Å². The van der Waals surface area contributed by atoms with Gasteiger partial charge in [-0.05, 0) is 37.3 Å². The van der Waals surface area contributed by atoms with Crippen LogP contribution in [0, 0.1) is 0 Å². The molecule has 0 atom stereocenters. The van der Waals surface area contributed by atoms with Gasteiger partial charge in [0.15, 0.2) is 5.11 Å². The molecule has 0 fully saturated rings. The van der Waals surface area contributed by atoms with Gasteiger partial charge in [-0.2, -0.15) is 5.10 Å². The van der Waals surface area contributed by atoms with E-state index in [1.54, 1.807) is 14.2 Å². The van der Waals surface area contributed by atoms with Crippen LogP contribution in [-0.2, 0) is 13.1 Å². The standard InChI is InChI=1S/C15H20N4O2S/c1-4-19-8-7-11(18-19)10-16-15(22)17-13-9-12(20-2)5-6-14(13)21-3/h5-9H,4,10H2,1-3H3,(H2,16,17,22). The second kappa shape index (κ2) is 7.65. The minimum Gasteiger partial charge on any atom is -0.497 e. The van der Waals surface area contributed by atoms with E-state index < -0.39 is 0 Å². The largest absolute Gasteiger partial charge is 0.497 e. The first-order chi connectivity index (χ1) is 10.7. The molecule has 0 saturated heterocycles. The lowest BCUT2D eigenvalue weighted by Gasteiger charge is -2.14. The Labute approximate surface area is 135 Å². The van der Waals surface area contributed by atoms with Crippen LogP contribution >= 0.6 is 12.2 Å². The first-order valence-electron chi connectivity index (χ1n) is 6.95. The molecule has 118 valence electrons. The fourth-order valence-electron chi connectivity index (χ4n) is 1.92. The fraction of sp³-hybridized carbons (Fsp3) is 0.333. The number of anilines is 1. The molecule has 1 aromatic carbocycles. The van der Waals surface area contributed by atoms with Gasteiger partial charge >= 0.3 is 0 Å². The van der Waals surface area contributed by atoms with Crippen molar-refractivity contribution in [2.45, 2.75) is 20.0 Å². The zero-order chi connectivity index (χ0) is 15.9. The number of aryl methyl sites for hydroxylation is 1. The van der Waals surface area contributed by atoms with E-state index in [1.807, 2.05) is 42.1 Å². The summed E-state index contributed by atoms with van der Waals surface area (Å²) in [5.74, 6) is 1.42. The number of methoxy groups -OCH3 is 2. The van der Waals surface area contributed by atoms with E-state index in [9.17, 15) is 0 Å². The molecule has 0 saturated carbocycles. The van der Waals surface area contributed by atoms with Crippen molar-refractivity contribution in [1.29, 1.82) is 0 Å². The van der Waals surface area contributed by atoms with Crippen molar-refractivity contribution >= 4 is 23.0 Å². The third-order valence-electron chi connectivity index (χ3n) is 3.10. The lowest BCUT2D eigenvalue weighted by molar-refractivity contribution is 0.405. The summed E-state index contributed by atoms with van der Waals surface area (Å²) in [6.45, 7) is 3.46. The number of aromatic nitrogens is 2. The summed E-state index contributed by atoms with van der Waals surface area (Å²) in [5.41, 5.74) is 1.68. The molecule has 0 aliphatic heterocycles. The normalized spacial score (nSPS) is 10.1. The molecule has 2 N–H and O–H groups in total. The maximum Gasteiger partial charge on any atom is 0.171 e. The number of hydrogen-bond donors (Lipinski definition) is 2. The Morgan fingerprint density at radius 2 is 2.09 bits per heavy atom. The van der Waals surface area contributed by atoms with E-state index in [2.05, 4.69) is 15.7 Å². The highest BCUT2D eigenvalue weighted by Gasteiger charge is 2.07. The number of benzene rings is 1. The molecule has 0 unspecified atom stereocenters. The Morgan fingerprint density at radius 3 is 2.73 bits per heavy atom. The van der Waals surface area contributed by atoms with Crippen molar-refractivity contribution < 1.29 is 9.47 Å². The predicted octanol–water partition coefficient (Wildman–Crippen LogP) is 2.41. The topological polar surface area (TPSA) is 60.3 Å². The van der Waals surface area contributed by atoms with Gasteiger partial charge in [0.25, 0.3) is 0 Å². The maximum atomic E-state index is 5.31. The van der Waals surface area contributed by atoms with E-state index >= 15 is 0 Å². The molecule has 0 aliphatic carbocycles. The van der Waals surface area contributed by atoms with Gasteiger partial charge in [0.05, 0.1) is 32.1 Å². The molecule has 0 aliphatic rings. The minimum absolute atomic E-state index is 0.498. The number of rotatable bonds is 6. The lowest BCUT2D eigenvalue weighted by atomic mass is 10.2. The van der Waals surface area contributed by atoms with Crippen LogP contribution in [0.2, 0.25) is 0 Å². The van der Waals surface area contributed by atoms with Crippen molar-refractivity contribution in [1.82, 2.24) is 15.1 Å². The molecule has 2 rings (SSSR count).